The van der Waals surface area contributed by atoms with Gasteiger partial charge < -0.3 is 30.1 Å². The topological polar surface area (TPSA) is 117 Å². The summed E-state index contributed by atoms with van der Waals surface area (Å²) in [5.41, 5.74) is 2.31. The number of hydrogen-bond acceptors (Lipinski definition) is 6. The van der Waals surface area contributed by atoms with Gasteiger partial charge in [0.15, 0.2) is 0 Å². The highest BCUT2D eigenvalue weighted by molar-refractivity contribution is 5.99. The molecule has 4 atom stereocenters. The molecular formula is C29H39N3O6. The van der Waals surface area contributed by atoms with Crippen LogP contribution < -0.4 is 15.4 Å². The van der Waals surface area contributed by atoms with E-state index in [0.29, 0.717) is 23.4 Å². The highest BCUT2D eigenvalue weighted by Gasteiger charge is 2.48. The summed E-state index contributed by atoms with van der Waals surface area (Å²) in [5.74, 6) is -0.147. The Kier molecular flexibility index (Phi) is 9.04. The zero-order chi connectivity index (χ0) is 28.2. The Labute approximate surface area is 224 Å². The molecular weight excluding hydrogens is 486 g/mol. The van der Waals surface area contributed by atoms with E-state index in [2.05, 4.69) is 10.6 Å². The van der Waals surface area contributed by atoms with E-state index in [-0.39, 0.29) is 12.0 Å². The lowest BCUT2D eigenvalue weighted by Crippen LogP contribution is -2.54. The largest absolute Gasteiger partial charge is 0.497 e. The van der Waals surface area contributed by atoms with Crippen molar-refractivity contribution in [2.75, 3.05) is 19.0 Å². The molecule has 3 N–H and O–H groups in total. The van der Waals surface area contributed by atoms with Crippen molar-refractivity contribution >= 4 is 23.6 Å². The first-order valence-corrected chi connectivity index (χ1v) is 12.8. The molecule has 1 fully saturated rings. The highest BCUT2D eigenvalue weighted by atomic mass is 16.6. The number of carbonyl (C=O) groups is 3. The normalized spacial score (nSPS) is 18.1. The van der Waals surface area contributed by atoms with E-state index in [1.54, 1.807) is 52.1 Å². The van der Waals surface area contributed by atoms with Gasteiger partial charge in [0.25, 0.3) is 5.91 Å². The molecule has 2 aromatic rings. The van der Waals surface area contributed by atoms with Crippen molar-refractivity contribution < 1.29 is 29.0 Å². The van der Waals surface area contributed by atoms with Gasteiger partial charge >= 0.3 is 6.09 Å². The number of methoxy groups -OCH3 is 1. The summed E-state index contributed by atoms with van der Waals surface area (Å²) in [6, 6.07) is 10.1. The van der Waals surface area contributed by atoms with Crippen LogP contribution in [0.3, 0.4) is 0 Å². The fraction of sp³-hybridized carbons (Fsp3) is 0.483. The van der Waals surface area contributed by atoms with Crippen LogP contribution in [0.4, 0.5) is 10.5 Å². The van der Waals surface area contributed by atoms with Crippen molar-refractivity contribution in [1.29, 1.82) is 0 Å². The van der Waals surface area contributed by atoms with Gasteiger partial charge in [-0.05, 0) is 87.9 Å². The van der Waals surface area contributed by atoms with Gasteiger partial charge in [-0.3, -0.25) is 9.59 Å². The Hall–Kier alpha value is -3.59. The van der Waals surface area contributed by atoms with Crippen molar-refractivity contribution in [2.24, 2.45) is 5.92 Å². The molecule has 0 radical (unpaired) electrons. The number of aliphatic hydroxyl groups is 1. The Morgan fingerprint density at radius 3 is 2.26 bits per heavy atom. The molecule has 9 heteroatoms. The van der Waals surface area contributed by atoms with Gasteiger partial charge in [0, 0.05) is 11.7 Å². The fourth-order valence-electron chi connectivity index (χ4n) is 4.36. The maximum atomic E-state index is 14.0. The molecule has 2 aromatic carbocycles. The van der Waals surface area contributed by atoms with Crippen molar-refractivity contribution in [3.8, 4) is 5.75 Å². The number of amides is 3. The lowest BCUT2D eigenvalue weighted by atomic mass is 9.94. The minimum absolute atomic E-state index is 0.154. The number of alkyl carbamates (subject to hydrolysis) is 1. The van der Waals surface area contributed by atoms with Gasteiger partial charge in [0.2, 0.25) is 5.91 Å². The Morgan fingerprint density at radius 1 is 1.11 bits per heavy atom. The summed E-state index contributed by atoms with van der Waals surface area (Å²) in [6.45, 7) is 10.3. The second-order valence-corrected chi connectivity index (χ2v) is 10.8. The minimum Gasteiger partial charge on any atom is -0.497 e. The van der Waals surface area contributed by atoms with E-state index in [0.717, 1.165) is 11.1 Å². The molecule has 0 heterocycles. The quantitative estimate of drug-likeness (QED) is 0.454. The highest BCUT2D eigenvalue weighted by Crippen LogP contribution is 2.41. The van der Waals surface area contributed by atoms with E-state index in [1.165, 1.54) is 4.90 Å². The Balaban J connectivity index is 2.01. The fourth-order valence-corrected chi connectivity index (χ4v) is 4.36. The Bertz CT molecular complexity index is 1160. The number of anilines is 1. The number of benzene rings is 2. The van der Waals surface area contributed by atoms with Crippen LogP contribution in [-0.4, -0.2) is 59.3 Å². The van der Waals surface area contributed by atoms with Gasteiger partial charge in [-0.15, -0.1) is 0 Å². The summed E-state index contributed by atoms with van der Waals surface area (Å²) in [5, 5.41) is 15.5. The van der Waals surface area contributed by atoms with Gasteiger partial charge in [-0.25, -0.2) is 4.79 Å². The molecule has 1 saturated carbocycles. The van der Waals surface area contributed by atoms with E-state index in [4.69, 9.17) is 9.47 Å². The number of aryl methyl sites for hydroxylation is 1. The number of aliphatic hydroxyl groups excluding tert-OH is 1. The van der Waals surface area contributed by atoms with Crippen molar-refractivity contribution in [3.63, 3.8) is 0 Å². The molecule has 38 heavy (non-hydrogen) atoms. The second-order valence-electron chi connectivity index (χ2n) is 10.8. The van der Waals surface area contributed by atoms with E-state index >= 15 is 0 Å². The standard InChI is InChI=1S/C29H39N3O6/c1-17-9-8-10-22(19(17)3)25(26(34)30-20-11-13-21(37-7)14-12-20)32(24-15-18(24)2)27(35)23(16-33)31-28(36)38-29(4,5)6/h8-14,18,23-25,33H,15-16H2,1-7H3,(H,30,34)(H,31,36). The molecule has 3 rings (SSSR count). The molecule has 206 valence electrons. The van der Waals surface area contributed by atoms with Gasteiger partial charge in [-0.1, -0.05) is 25.1 Å². The smallest absolute Gasteiger partial charge is 0.408 e. The van der Waals surface area contributed by atoms with Gasteiger partial charge in [0.05, 0.1) is 13.7 Å². The Morgan fingerprint density at radius 2 is 1.74 bits per heavy atom. The second kappa shape index (κ2) is 11.9. The van der Waals surface area contributed by atoms with Gasteiger partial charge in [0.1, 0.15) is 23.4 Å². The molecule has 0 spiro atoms. The molecule has 0 aromatic heterocycles. The molecule has 9 nitrogen and oxygen atoms in total. The number of ether oxygens (including phenoxy) is 2. The average Bonchev–Trinajstić information content (AvgIpc) is 3.57. The molecule has 3 amide bonds. The number of hydrogen-bond donors (Lipinski definition) is 3. The van der Waals surface area contributed by atoms with Crippen LogP contribution in [0, 0.1) is 19.8 Å². The molecule has 1 aliphatic rings. The van der Waals surface area contributed by atoms with Crippen LogP contribution in [0.1, 0.15) is 56.8 Å². The zero-order valence-electron chi connectivity index (χ0n) is 23.2. The van der Waals surface area contributed by atoms with Gasteiger partial charge in [-0.2, -0.15) is 0 Å². The minimum atomic E-state index is -1.28. The summed E-state index contributed by atoms with van der Waals surface area (Å²) in [4.78, 5) is 41.9. The maximum Gasteiger partial charge on any atom is 0.408 e. The third-order valence-corrected chi connectivity index (χ3v) is 6.68. The van der Waals surface area contributed by atoms with E-state index in [1.807, 2.05) is 39.0 Å². The first kappa shape index (κ1) is 29.0. The van der Waals surface area contributed by atoms with Crippen LogP contribution in [0.5, 0.6) is 5.75 Å². The average molecular weight is 526 g/mol. The summed E-state index contributed by atoms with van der Waals surface area (Å²) >= 11 is 0. The maximum absolute atomic E-state index is 14.0. The number of nitrogens with zero attached hydrogens (tertiary/aromatic N) is 1. The van der Waals surface area contributed by atoms with Crippen molar-refractivity contribution in [3.05, 3.63) is 59.2 Å². The zero-order valence-corrected chi connectivity index (χ0v) is 23.2. The molecule has 1 aliphatic carbocycles. The summed E-state index contributed by atoms with van der Waals surface area (Å²) in [7, 11) is 1.56. The lowest BCUT2D eigenvalue weighted by Gasteiger charge is -2.35. The summed E-state index contributed by atoms with van der Waals surface area (Å²) in [6.07, 6.45) is -0.118. The monoisotopic (exact) mass is 525 g/mol. The van der Waals surface area contributed by atoms with Crippen LogP contribution >= 0.6 is 0 Å². The van der Waals surface area contributed by atoms with E-state index in [9.17, 15) is 19.5 Å². The SMILES string of the molecule is COc1ccc(NC(=O)C(c2cccc(C)c2C)N(C(=O)C(CO)NC(=O)OC(C)(C)C)C2CC2C)cc1. The first-order valence-electron chi connectivity index (χ1n) is 12.8. The van der Waals surface area contributed by atoms with Crippen LogP contribution in [0.2, 0.25) is 0 Å². The predicted molar refractivity (Wildman–Crippen MR) is 145 cm³/mol. The number of rotatable bonds is 9. The van der Waals surface area contributed by atoms with Crippen molar-refractivity contribution in [1.82, 2.24) is 10.2 Å². The third kappa shape index (κ3) is 7.04. The number of carbonyl (C=O) groups excluding carboxylic acids is 3. The number of nitrogens with one attached hydrogen (secondary N) is 2. The molecule has 0 saturated heterocycles. The molecule has 0 aliphatic heterocycles. The van der Waals surface area contributed by atoms with Crippen molar-refractivity contribution in [2.45, 2.75) is 71.7 Å². The molecule has 0 bridgehead atoms. The first-order chi connectivity index (χ1) is 17.9. The van der Waals surface area contributed by atoms with Crippen LogP contribution in [0.15, 0.2) is 42.5 Å². The summed E-state index contributed by atoms with van der Waals surface area (Å²) < 4.78 is 10.5. The lowest BCUT2D eigenvalue weighted by molar-refractivity contribution is -0.142. The van der Waals surface area contributed by atoms with Crippen LogP contribution in [-0.2, 0) is 14.3 Å². The third-order valence-electron chi connectivity index (χ3n) is 6.68. The van der Waals surface area contributed by atoms with Crippen LogP contribution in [0.25, 0.3) is 0 Å². The van der Waals surface area contributed by atoms with E-state index < -0.39 is 42.2 Å². The molecule has 4 unspecified atom stereocenters. The predicted octanol–water partition coefficient (Wildman–Crippen LogP) is 4.11.